The second kappa shape index (κ2) is 13.3. The van der Waals surface area contributed by atoms with Crippen molar-refractivity contribution in [2.45, 2.75) is 65.9 Å². The van der Waals surface area contributed by atoms with Crippen LogP contribution in [0.2, 0.25) is 0 Å². The molecule has 0 fully saturated rings. The van der Waals surface area contributed by atoms with E-state index in [1.807, 2.05) is 0 Å². The van der Waals surface area contributed by atoms with Crippen molar-refractivity contribution in [3.8, 4) is 0 Å². The summed E-state index contributed by atoms with van der Waals surface area (Å²) >= 11 is 0. The van der Waals surface area contributed by atoms with Gasteiger partial charge in [0.1, 0.15) is 12.5 Å². The van der Waals surface area contributed by atoms with Crippen LogP contribution in [0.1, 0.15) is 49.0 Å². The zero-order chi connectivity index (χ0) is 16.3. The van der Waals surface area contributed by atoms with Crippen LogP contribution < -0.4 is 5.32 Å². The van der Waals surface area contributed by atoms with Crippen molar-refractivity contribution in [2.24, 2.45) is 0 Å². The molecule has 7 heteroatoms. The summed E-state index contributed by atoms with van der Waals surface area (Å²) in [4.78, 5) is 11.1. The van der Waals surface area contributed by atoms with Crippen LogP contribution in [0.5, 0.6) is 0 Å². The number of ether oxygens (including phenoxy) is 3. The van der Waals surface area contributed by atoms with Gasteiger partial charge in [0.25, 0.3) is 0 Å². The molecule has 5 nitrogen and oxygen atoms in total. The Labute approximate surface area is 144 Å². The van der Waals surface area contributed by atoms with Gasteiger partial charge in [0.2, 0.25) is 0 Å². The minimum Gasteiger partial charge on any atom is -0.432 e. The molecule has 1 N–H and O–H groups in total. The Morgan fingerprint density at radius 1 is 1.18 bits per heavy atom. The predicted molar refractivity (Wildman–Crippen MR) is 97.5 cm³/mol. The quantitative estimate of drug-likeness (QED) is 0.256. The number of nitrogens with one attached hydrogen (secondary N) is 1. The van der Waals surface area contributed by atoms with Gasteiger partial charge in [-0.2, -0.15) is 0 Å². The Hall–Kier alpha value is -0.110. The predicted octanol–water partition coefficient (Wildman–Crippen LogP) is 4.32. The Kier molecular flexibility index (Phi) is 14.6. The molecule has 0 aromatic rings. The summed E-state index contributed by atoms with van der Waals surface area (Å²) in [5.41, 5.74) is 0. The fraction of sp³-hybridized carbons (Fsp3) is 0.933. The number of hydrogen-bond acceptors (Lipinski definition) is 7. The number of rotatable bonds is 11. The SMILES string of the molecule is C.CC(C)NCC(C)(C)SSCOCCOC(=O)OC(C)C. The largest absolute Gasteiger partial charge is 0.508 e. The highest BCUT2D eigenvalue weighted by Crippen LogP contribution is 2.35. The third-order valence-corrected chi connectivity index (χ3v) is 5.10. The number of carbonyl (C=O) groups is 1. The van der Waals surface area contributed by atoms with E-state index in [4.69, 9.17) is 14.2 Å². The molecular formula is C15H33NO4S2. The molecule has 0 spiro atoms. The minimum atomic E-state index is -0.642. The summed E-state index contributed by atoms with van der Waals surface area (Å²) in [7, 11) is 3.45. The van der Waals surface area contributed by atoms with E-state index >= 15 is 0 Å². The van der Waals surface area contributed by atoms with Crippen molar-refractivity contribution in [1.29, 1.82) is 0 Å². The number of carbonyl (C=O) groups excluding carboxylic acids is 1. The molecule has 0 bridgehead atoms. The molecule has 0 saturated carbocycles. The van der Waals surface area contributed by atoms with Crippen LogP contribution in [0.25, 0.3) is 0 Å². The molecule has 0 atom stereocenters. The van der Waals surface area contributed by atoms with Gasteiger partial charge >= 0.3 is 6.16 Å². The maximum Gasteiger partial charge on any atom is 0.508 e. The fourth-order valence-electron chi connectivity index (χ4n) is 1.17. The Balaban J connectivity index is 0. The lowest BCUT2D eigenvalue weighted by molar-refractivity contribution is 0.0188. The van der Waals surface area contributed by atoms with Crippen LogP contribution in [0.15, 0.2) is 0 Å². The summed E-state index contributed by atoms with van der Waals surface area (Å²) in [5, 5.41) is 3.43. The first-order chi connectivity index (χ1) is 9.73. The first kappa shape index (κ1) is 24.1. The summed E-state index contributed by atoms with van der Waals surface area (Å²) in [6, 6.07) is 0.494. The molecule has 0 saturated heterocycles. The average molecular weight is 356 g/mol. The van der Waals surface area contributed by atoms with E-state index in [1.165, 1.54) is 0 Å². The number of hydrogen-bond donors (Lipinski definition) is 1. The van der Waals surface area contributed by atoms with E-state index in [9.17, 15) is 4.79 Å². The van der Waals surface area contributed by atoms with Crippen LogP contribution in [0.3, 0.4) is 0 Å². The molecule has 0 aliphatic heterocycles. The van der Waals surface area contributed by atoms with Gasteiger partial charge in [0, 0.05) is 17.3 Å². The molecule has 0 radical (unpaired) electrons. The molecule has 0 aromatic carbocycles. The van der Waals surface area contributed by atoms with Crippen molar-refractivity contribution in [2.75, 3.05) is 25.7 Å². The summed E-state index contributed by atoms with van der Waals surface area (Å²) in [5.74, 6) is 0.568. The van der Waals surface area contributed by atoms with E-state index in [2.05, 4.69) is 33.0 Å². The third-order valence-electron chi connectivity index (χ3n) is 2.13. The van der Waals surface area contributed by atoms with E-state index in [0.717, 1.165) is 6.54 Å². The molecular weight excluding hydrogens is 322 g/mol. The molecule has 0 amide bonds. The molecule has 0 aliphatic carbocycles. The van der Waals surface area contributed by atoms with Crippen molar-refractivity contribution < 1.29 is 19.0 Å². The van der Waals surface area contributed by atoms with Crippen LogP contribution in [0.4, 0.5) is 4.79 Å². The van der Waals surface area contributed by atoms with E-state index in [0.29, 0.717) is 18.6 Å². The maximum absolute atomic E-state index is 11.1. The fourth-order valence-corrected chi connectivity index (χ4v) is 3.34. The van der Waals surface area contributed by atoms with Gasteiger partial charge < -0.3 is 19.5 Å². The van der Waals surface area contributed by atoms with Crippen molar-refractivity contribution in [3.05, 3.63) is 0 Å². The third kappa shape index (κ3) is 16.3. The van der Waals surface area contributed by atoms with Crippen LogP contribution in [-0.2, 0) is 14.2 Å². The van der Waals surface area contributed by atoms with Gasteiger partial charge in [-0.1, -0.05) is 42.9 Å². The van der Waals surface area contributed by atoms with E-state index in [-0.39, 0.29) is 24.9 Å². The zero-order valence-corrected chi connectivity index (χ0v) is 15.6. The second-order valence-electron chi connectivity index (χ2n) is 5.79. The topological polar surface area (TPSA) is 56.8 Å². The highest BCUT2D eigenvalue weighted by atomic mass is 33.1. The van der Waals surface area contributed by atoms with Gasteiger partial charge in [0.15, 0.2) is 0 Å². The van der Waals surface area contributed by atoms with Crippen molar-refractivity contribution in [1.82, 2.24) is 5.32 Å². The molecule has 134 valence electrons. The van der Waals surface area contributed by atoms with E-state index in [1.54, 1.807) is 35.4 Å². The standard InChI is InChI=1S/C14H29NO4S2.CH4/c1-11(2)15-9-14(5,6)21-20-10-17-7-8-18-13(16)19-12(3)4;/h11-12,15H,7-10H2,1-6H3;1H4. The van der Waals surface area contributed by atoms with Crippen LogP contribution in [0, 0.1) is 0 Å². The van der Waals surface area contributed by atoms with E-state index < -0.39 is 6.16 Å². The lowest BCUT2D eigenvalue weighted by Gasteiger charge is -2.24. The first-order valence-electron chi connectivity index (χ1n) is 7.18. The highest BCUT2D eigenvalue weighted by Gasteiger charge is 2.18. The summed E-state index contributed by atoms with van der Waals surface area (Å²) in [6.07, 6.45) is -0.802. The summed E-state index contributed by atoms with van der Waals surface area (Å²) in [6.45, 7) is 13.8. The normalized spacial score (nSPS) is 11.5. The van der Waals surface area contributed by atoms with Gasteiger partial charge in [-0.3, -0.25) is 0 Å². The molecule has 0 aliphatic rings. The Morgan fingerprint density at radius 3 is 2.36 bits per heavy atom. The monoisotopic (exact) mass is 355 g/mol. The smallest absolute Gasteiger partial charge is 0.432 e. The summed E-state index contributed by atoms with van der Waals surface area (Å²) < 4.78 is 15.2. The van der Waals surface area contributed by atoms with Crippen LogP contribution >= 0.6 is 21.6 Å². The zero-order valence-electron chi connectivity index (χ0n) is 13.9. The molecule has 22 heavy (non-hydrogen) atoms. The van der Waals surface area contributed by atoms with Crippen LogP contribution in [-0.4, -0.2) is 48.7 Å². The molecule has 0 heterocycles. The average Bonchev–Trinajstić information content (AvgIpc) is 2.34. The highest BCUT2D eigenvalue weighted by molar-refractivity contribution is 8.77. The van der Waals surface area contributed by atoms with Gasteiger partial charge in [-0.05, 0) is 27.7 Å². The van der Waals surface area contributed by atoms with Gasteiger partial charge in [-0.15, -0.1) is 0 Å². The van der Waals surface area contributed by atoms with Gasteiger partial charge in [0.05, 0.1) is 12.7 Å². The van der Waals surface area contributed by atoms with Crippen molar-refractivity contribution in [3.63, 3.8) is 0 Å². The molecule has 0 aromatic heterocycles. The Morgan fingerprint density at radius 2 is 1.82 bits per heavy atom. The lowest BCUT2D eigenvalue weighted by Crippen LogP contribution is -2.35. The minimum absolute atomic E-state index is 0. The molecule has 0 unspecified atom stereocenters. The Bertz CT molecular complexity index is 287. The van der Waals surface area contributed by atoms with Gasteiger partial charge in [-0.25, -0.2) is 4.79 Å². The first-order valence-corrected chi connectivity index (χ1v) is 9.50. The lowest BCUT2D eigenvalue weighted by atomic mass is 10.2. The van der Waals surface area contributed by atoms with Crippen molar-refractivity contribution >= 4 is 27.7 Å². The maximum atomic E-state index is 11.1. The second-order valence-corrected chi connectivity index (χ2v) is 8.74. The molecule has 0 rings (SSSR count).